The molecule has 2 aromatic heterocycles. The highest BCUT2D eigenvalue weighted by Crippen LogP contribution is 2.39. The van der Waals surface area contributed by atoms with Crippen LogP contribution in [0.5, 0.6) is 0 Å². The Labute approximate surface area is 131 Å². The smallest absolute Gasteiger partial charge is 0.143 e. The lowest BCUT2D eigenvalue weighted by Gasteiger charge is -2.38. The molecule has 1 aliphatic rings. The van der Waals surface area contributed by atoms with Crippen LogP contribution in [-0.4, -0.2) is 16.5 Å². The molecule has 4 heteroatoms. The van der Waals surface area contributed by atoms with Gasteiger partial charge in [-0.15, -0.1) is 0 Å². The number of nitrogens with one attached hydrogen (secondary N) is 1. The Balaban J connectivity index is 1.84. The fourth-order valence-electron chi connectivity index (χ4n) is 3.39. The zero-order chi connectivity index (χ0) is 15.3. The second kappa shape index (κ2) is 6.57. The molecule has 0 atom stereocenters. The molecule has 0 aromatic carbocycles. The van der Waals surface area contributed by atoms with Crippen LogP contribution in [-0.2, 0) is 5.41 Å². The molecule has 4 nitrogen and oxygen atoms in total. The first kappa shape index (κ1) is 14.5. The Morgan fingerprint density at radius 2 is 1.86 bits per heavy atom. The van der Waals surface area contributed by atoms with Crippen molar-refractivity contribution in [2.24, 2.45) is 0 Å². The average Bonchev–Trinajstić information content (AvgIpc) is 2.62. The van der Waals surface area contributed by atoms with E-state index in [9.17, 15) is 5.26 Å². The van der Waals surface area contributed by atoms with Crippen molar-refractivity contribution in [3.63, 3.8) is 0 Å². The fourth-order valence-corrected chi connectivity index (χ4v) is 3.39. The van der Waals surface area contributed by atoms with Gasteiger partial charge in [-0.3, -0.25) is 4.98 Å². The van der Waals surface area contributed by atoms with Gasteiger partial charge < -0.3 is 5.32 Å². The third-order valence-corrected chi connectivity index (χ3v) is 4.63. The average molecular weight is 292 g/mol. The highest BCUT2D eigenvalue weighted by molar-refractivity contribution is 5.51. The predicted octanol–water partition coefficient (Wildman–Crippen LogP) is 3.66. The summed E-state index contributed by atoms with van der Waals surface area (Å²) in [5.74, 6) is 0.684. The zero-order valence-corrected chi connectivity index (χ0v) is 12.6. The van der Waals surface area contributed by atoms with Crippen LogP contribution in [0, 0.1) is 11.3 Å². The van der Waals surface area contributed by atoms with Gasteiger partial charge in [0.1, 0.15) is 11.9 Å². The number of hydrogen-bond acceptors (Lipinski definition) is 4. The third kappa shape index (κ3) is 2.94. The van der Waals surface area contributed by atoms with E-state index in [0.717, 1.165) is 6.54 Å². The van der Waals surface area contributed by atoms with Crippen LogP contribution in [0.25, 0.3) is 0 Å². The lowest BCUT2D eigenvalue weighted by Crippen LogP contribution is -2.36. The monoisotopic (exact) mass is 292 g/mol. The largest absolute Gasteiger partial charge is 0.368 e. The van der Waals surface area contributed by atoms with Gasteiger partial charge in [-0.2, -0.15) is 5.26 Å². The summed E-state index contributed by atoms with van der Waals surface area (Å²) in [6, 6.07) is 10.0. The minimum absolute atomic E-state index is 0.117. The maximum atomic E-state index is 9.20. The van der Waals surface area contributed by atoms with Crippen molar-refractivity contribution in [3.8, 4) is 6.07 Å². The Morgan fingerprint density at radius 1 is 1.09 bits per heavy atom. The summed E-state index contributed by atoms with van der Waals surface area (Å²) in [5, 5.41) is 12.6. The maximum Gasteiger partial charge on any atom is 0.143 e. The highest BCUT2D eigenvalue weighted by atomic mass is 15.0. The summed E-state index contributed by atoms with van der Waals surface area (Å²) < 4.78 is 0. The van der Waals surface area contributed by atoms with Gasteiger partial charge in [0.2, 0.25) is 0 Å². The van der Waals surface area contributed by atoms with Gasteiger partial charge in [0.15, 0.2) is 0 Å². The van der Waals surface area contributed by atoms with Gasteiger partial charge in [-0.25, -0.2) is 4.98 Å². The van der Waals surface area contributed by atoms with Crippen molar-refractivity contribution in [1.29, 1.82) is 5.26 Å². The minimum Gasteiger partial charge on any atom is -0.368 e. The molecular formula is C18H20N4. The van der Waals surface area contributed by atoms with E-state index in [1.807, 2.05) is 12.4 Å². The number of hydrogen-bond donors (Lipinski definition) is 1. The summed E-state index contributed by atoms with van der Waals surface area (Å²) in [4.78, 5) is 8.45. The number of anilines is 1. The Morgan fingerprint density at radius 3 is 2.59 bits per heavy atom. The molecule has 0 unspecified atom stereocenters. The van der Waals surface area contributed by atoms with Crippen LogP contribution in [0.3, 0.4) is 0 Å². The molecule has 2 aromatic rings. The van der Waals surface area contributed by atoms with Crippen molar-refractivity contribution in [2.45, 2.75) is 37.5 Å². The second-order valence-electron chi connectivity index (χ2n) is 5.94. The van der Waals surface area contributed by atoms with E-state index in [0.29, 0.717) is 11.4 Å². The molecule has 2 heterocycles. The molecule has 1 fully saturated rings. The Kier molecular flexibility index (Phi) is 4.34. The van der Waals surface area contributed by atoms with Crippen molar-refractivity contribution < 1.29 is 0 Å². The fraction of sp³-hybridized carbons (Fsp3) is 0.389. The molecule has 1 aliphatic carbocycles. The quantitative estimate of drug-likeness (QED) is 0.934. The first-order valence-corrected chi connectivity index (χ1v) is 7.84. The summed E-state index contributed by atoms with van der Waals surface area (Å²) in [6.07, 6.45) is 11.6. The van der Waals surface area contributed by atoms with E-state index >= 15 is 0 Å². The lowest BCUT2D eigenvalue weighted by molar-refractivity contribution is 0.307. The maximum absolute atomic E-state index is 9.20. The van der Waals surface area contributed by atoms with Crippen molar-refractivity contribution in [3.05, 3.63) is 54.0 Å². The van der Waals surface area contributed by atoms with Gasteiger partial charge >= 0.3 is 0 Å². The van der Waals surface area contributed by atoms with Gasteiger partial charge in [-0.05, 0) is 42.7 Å². The molecule has 0 radical (unpaired) electrons. The molecule has 0 aliphatic heterocycles. The van der Waals surface area contributed by atoms with Gasteiger partial charge in [-0.1, -0.05) is 19.3 Å². The van der Waals surface area contributed by atoms with Crippen LogP contribution < -0.4 is 5.32 Å². The topological polar surface area (TPSA) is 61.6 Å². The van der Waals surface area contributed by atoms with Crippen molar-refractivity contribution in [2.75, 3.05) is 11.9 Å². The number of nitriles is 1. The van der Waals surface area contributed by atoms with Crippen LogP contribution >= 0.6 is 0 Å². The summed E-state index contributed by atoms with van der Waals surface area (Å²) in [5.41, 5.74) is 2.05. The van der Waals surface area contributed by atoms with E-state index in [-0.39, 0.29) is 5.41 Å². The summed E-state index contributed by atoms with van der Waals surface area (Å²) >= 11 is 0. The third-order valence-electron chi connectivity index (χ3n) is 4.63. The van der Waals surface area contributed by atoms with Gasteiger partial charge in [0.25, 0.3) is 0 Å². The molecule has 1 N–H and O–H groups in total. The first-order valence-electron chi connectivity index (χ1n) is 7.84. The molecule has 22 heavy (non-hydrogen) atoms. The molecule has 0 amide bonds. The number of nitrogens with zero attached hydrogens (tertiary/aromatic N) is 3. The zero-order valence-electron chi connectivity index (χ0n) is 12.6. The van der Waals surface area contributed by atoms with E-state index in [1.165, 1.54) is 37.7 Å². The van der Waals surface area contributed by atoms with Crippen molar-refractivity contribution in [1.82, 2.24) is 9.97 Å². The van der Waals surface area contributed by atoms with E-state index in [2.05, 4.69) is 33.5 Å². The van der Waals surface area contributed by atoms with E-state index < -0.39 is 0 Å². The Bertz CT molecular complexity index is 654. The highest BCUT2D eigenvalue weighted by Gasteiger charge is 2.33. The van der Waals surface area contributed by atoms with E-state index in [4.69, 9.17) is 0 Å². The molecule has 0 bridgehead atoms. The van der Waals surface area contributed by atoms with Gasteiger partial charge in [0, 0.05) is 30.6 Å². The molecule has 0 spiro atoms. The van der Waals surface area contributed by atoms with Crippen molar-refractivity contribution >= 4 is 5.82 Å². The molecule has 3 rings (SSSR count). The lowest BCUT2D eigenvalue weighted by atomic mass is 9.69. The first-order chi connectivity index (χ1) is 10.8. The molecule has 0 saturated heterocycles. The summed E-state index contributed by atoms with van der Waals surface area (Å²) in [7, 11) is 0. The van der Waals surface area contributed by atoms with Crippen LogP contribution in [0.2, 0.25) is 0 Å². The predicted molar refractivity (Wildman–Crippen MR) is 86.4 cm³/mol. The second-order valence-corrected chi connectivity index (χ2v) is 5.94. The number of aromatic nitrogens is 2. The normalized spacial score (nSPS) is 16.7. The molecule has 112 valence electrons. The molecule has 1 saturated carbocycles. The standard InChI is InChI=1S/C18H20N4/c19-13-15-5-4-10-21-17(15)22-14-18(8-2-1-3-9-18)16-6-11-20-12-7-16/h4-7,10-12H,1-3,8-9,14H2,(H,21,22). The van der Waals surface area contributed by atoms with Crippen LogP contribution in [0.15, 0.2) is 42.9 Å². The minimum atomic E-state index is 0.117. The van der Waals surface area contributed by atoms with Gasteiger partial charge in [0.05, 0.1) is 5.56 Å². The SMILES string of the molecule is N#Cc1cccnc1NCC1(c2ccncc2)CCCCC1. The number of pyridine rings is 2. The van der Waals surface area contributed by atoms with Crippen LogP contribution in [0.1, 0.15) is 43.2 Å². The summed E-state index contributed by atoms with van der Waals surface area (Å²) in [6.45, 7) is 0.808. The Hall–Kier alpha value is -2.41. The molecular weight excluding hydrogens is 272 g/mol. The van der Waals surface area contributed by atoms with Crippen LogP contribution in [0.4, 0.5) is 5.82 Å². The number of rotatable bonds is 4. The van der Waals surface area contributed by atoms with E-state index in [1.54, 1.807) is 18.3 Å².